The van der Waals surface area contributed by atoms with Gasteiger partial charge in [0.25, 0.3) is 5.78 Å². The third-order valence-corrected chi connectivity index (χ3v) is 6.38. The highest BCUT2D eigenvalue weighted by Crippen LogP contribution is 2.44. The minimum atomic E-state index is -0.429. The molecule has 0 amide bonds. The van der Waals surface area contributed by atoms with Gasteiger partial charge in [-0.05, 0) is 25.0 Å². The molecule has 25 heavy (non-hydrogen) atoms. The minimum absolute atomic E-state index is 0.186. The second kappa shape index (κ2) is 7.09. The molecule has 1 aromatic carbocycles. The summed E-state index contributed by atoms with van der Waals surface area (Å²) in [6.07, 6.45) is 7.32. The Morgan fingerprint density at radius 2 is 1.92 bits per heavy atom. The molecule has 0 radical (unpaired) electrons. The van der Waals surface area contributed by atoms with Crippen LogP contribution in [0, 0.1) is 5.82 Å². The zero-order valence-electron chi connectivity index (χ0n) is 13.3. The quantitative estimate of drug-likeness (QED) is 0.535. The normalized spacial score (nSPS) is 15.8. The third kappa shape index (κ3) is 3.23. The van der Waals surface area contributed by atoms with Crippen molar-refractivity contribution in [2.24, 2.45) is 0 Å². The number of rotatable bonds is 3. The highest BCUT2D eigenvalue weighted by Gasteiger charge is 2.25. The van der Waals surface area contributed by atoms with Gasteiger partial charge >= 0.3 is 0 Å². The Balaban J connectivity index is 1.93. The van der Waals surface area contributed by atoms with Crippen molar-refractivity contribution >= 4 is 40.7 Å². The topological polar surface area (TPSA) is 43.1 Å². The van der Waals surface area contributed by atoms with Crippen LogP contribution in [0.3, 0.4) is 0 Å². The lowest BCUT2D eigenvalue weighted by Gasteiger charge is -2.23. The Hall–Kier alpha value is -1.37. The number of hydrogen-bond donors (Lipinski definition) is 0. The van der Waals surface area contributed by atoms with Gasteiger partial charge in [-0.25, -0.2) is 4.39 Å². The smallest absolute Gasteiger partial charge is 0.206 e. The van der Waals surface area contributed by atoms with Crippen LogP contribution in [0.25, 0.3) is 16.9 Å². The SMILES string of the molecule is Fc1cccc(Cl)c1-c1c(Cl)nc2ncnn2c1SC1CCCCC1. The second-order valence-electron chi connectivity index (χ2n) is 6.03. The Morgan fingerprint density at radius 3 is 2.68 bits per heavy atom. The van der Waals surface area contributed by atoms with Gasteiger partial charge in [-0.15, -0.1) is 11.8 Å². The number of thioether (sulfide) groups is 1. The molecule has 1 fully saturated rings. The highest BCUT2D eigenvalue weighted by atomic mass is 35.5. The predicted molar refractivity (Wildman–Crippen MR) is 98.9 cm³/mol. The predicted octanol–water partition coefficient (Wildman–Crippen LogP) is 5.66. The van der Waals surface area contributed by atoms with Crippen molar-refractivity contribution in [1.82, 2.24) is 19.6 Å². The molecular formula is C17H15Cl2FN4S. The van der Waals surface area contributed by atoms with Crippen molar-refractivity contribution in [3.63, 3.8) is 0 Å². The van der Waals surface area contributed by atoms with Gasteiger partial charge in [0.2, 0.25) is 0 Å². The van der Waals surface area contributed by atoms with Crippen molar-refractivity contribution < 1.29 is 4.39 Å². The van der Waals surface area contributed by atoms with Gasteiger partial charge in [0.1, 0.15) is 22.3 Å². The van der Waals surface area contributed by atoms with Crippen LogP contribution in [0.5, 0.6) is 0 Å². The fraction of sp³-hybridized carbons (Fsp3) is 0.353. The van der Waals surface area contributed by atoms with Gasteiger partial charge in [0.15, 0.2) is 0 Å². The first-order chi connectivity index (χ1) is 12.1. The van der Waals surface area contributed by atoms with E-state index < -0.39 is 5.82 Å². The van der Waals surface area contributed by atoms with Crippen molar-refractivity contribution in [2.45, 2.75) is 42.4 Å². The Kier molecular flexibility index (Phi) is 4.84. The summed E-state index contributed by atoms with van der Waals surface area (Å²) in [7, 11) is 0. The maximum atomic E-state index is 14.6. The Labute approximate surface area is 158 Å². The van der Waals surface area contributed by atoms with E-state index in [0.717, 1.165) is 17.9 Å². The van der Waals surface area contributed by atoms with E-state index in [4.69, 9.17) is 23.2 Å². The second-order valence-corrected chi connectivity index (χ2v) is 8.08. The summed E-state index contributed by atoms with van der Waals surface area (Å²) in [6.45, 7) is 0. The summed E-state index contributed by atoms with van der Waals surface area (Å²) < 4.78 is 16.2. The fourth-order valence-electron chi connectivity index (χ4n) is 3.19. The number of nitrogens with zero attached hydrogens (tertiary/aromatic N) is 4. The lowest BCUT2D eigenvalue weighted by atomic mass is 10.0. The van der Waals surface area contributed by atoms with E-state index >= 15 is 0 Å². The number of aromatic nitrogens is 4. The van der Waals surface area contributed by atoms with E-state index in [9.17, 15) is 4.39 Å². The maximum Gasteiger partial charge on any atom is 0.254 e. The summed E-state index contributed by atoms with van der Waals surface area (Å²) in [6, 6.07) is 4.60. The standard InChI is InChI=1S/C17H15Cl2FN4S/c18-11-7-4-8-12(20)13(11)14-15(19)23-17-21-9-22-24(17)16(14)25-10-5-2-1-3-6-10/h4,7-10H,1-3,5-6H2. The summed E-state index contributed by atoms with van der Waals surface area (Å²) >= 11 is 14.4. The van der Waals surface area contributed by atoms with Crippen molar-refractivity contribution in [3.05, 3.63) is 40.5 Å². The molecule has 2 aromatic heterocycles. The molecule has 3 aromatic rings. The van der Waals surface area contributed by atoms with E-state index in [-0.39, 0.29) is 10.7 Å². The lowest BCUT2D eigenvalue weighted by Crippen LogP contribution is -2.11. The van der Waals surface area contributed by atoms with Gasteiger partial charge in [-0.1, -0.05) is 48.5 Å². The molecule has 0 atom stereocenters. The average Bonchev–Trinajstić information content (AvgIpc) is 3.06. The first-order valence-corrected chi connectivity index (χ1v) is 9.79. The van der Waals surface area contributed by atoms with Crippen molar-refractivity contribution in [3.8, 4) is 11.1 Å². The van der Waals surface area contributed by atoms with Crippen LogP contribution in [0.1, 0.15) is 32.1 Å². The van der Waals surface area contributed by atoms with E-state index in [2.05, 4.69) is 15.1 Å². The molecule has 4 nitrogen and oxygen atoms in total. The minimum Gasteiger partial charge on any atom is -0.206 e. The van der Waals surface area contributed by atoms with Gasteiger partial charge in [-0.3, -0.25) is 0 Å². The molecule has 1 aliphatic carbocycles. The average molecular weight is 397 g/mol. The molecule has 130 valence electrons. The molecule has 8 heteroatoms. The van der Waals surface area contributed by atoms with Gasteiger partial charge in [0, 0.05) is 10.8 Å². The summed E-state index contributed by atoms with van der Waals surface area (Å²) in [5.74, 6) is -0.0271. The molecule has 2 heterocycles. The third-order valence-electron chi connectivity index (χ3n) is 4.38. The van der Waals surface area contributed by atoms with Crippen molar-refractivity contribution in [2.75, 3.05) is 0 Å². The first kappa shape index (κ1) is 17.1. The number of benzene rings is 1. The van der Waals surface area contributed by atoms with Crippen LogP contribution >= 0.6 is 35.0 Å². The van der Waals surface area contributed by atoms with Crippen LogP contribution in [0.15, 0.2) is 29.6 Å². The summed E-state index contributed by atoms with van der Waals surface area (Å²) in [5, 5.41) is 5.93. The molecule has 0 N–H and O–H groups in total. The van der Waals surface area contributed by atoms with E-state index in [0.29, 0.717) is 21.6 Å². The maximum absolute atomic E-state index is 14.6. The van der Waals surface area contributed by atoms with Crippen LogP contribution in [-0.4, -0.2) is 24.8 Å². The molecule has 0 aliphatic heterocycles. The fourth-order valence-corrected chi connectivity index (χ4v) is 5.19. The van der Waals surface area contributed by atoms with E-state index in [1.165, 1.54) is 31.7 Å². The highest BCUT2D eigenvalue weighted by molar-refractivity contribution is 8.00. The summed E-state index contributed by atoms with van der Waals surface area (Å²) in [5.41, 5.74) is 0.746. The number of fused-ring (bicyclic) bond motifs is 1. The zero-order valence-corrected chi connectivity index (χ0v) is 15.6. The largest absolute Gasteiger partial charge is 0.254 e. The molecular weight excluding hydrogens is 382 g/mol. The van der Waals surface area contributed by atoms with Gasteiger partial charge in [-0.2, -0.15) is 19.6 Å². The molecule has 1 saturated carbocycles. The summed E-state index contributed by atoms with van der Waals surface area (Å²) in [4.78, 5) is 8.39. The number of halogens is 3. The van der Waals surface area contributed by atoms with Crippen LogP contribution < -0.4 is 0 Å². The monoisotopic (exact) mass is 396 g/mol. The molecule has 0 bridgehead atoms. The molecule has 4 rings (SSSR count). The Morgan fingerprint density at radius 1 is 1.12 bits per heavy atom. The van der Waals surface area contributed by atoms with E-state index in [1.54, 1.807) is 28.4 Å². The van der Waals surface area contributed by atoms with Crippen LogP contribution in [-0.2, 0) is 0 Å². The lowest BCUT2D eigenvalue weighted by molar-refractivity contribution is 0.515. The van der Waals surface area contributed by atoms with Crippen LogP contribution in [0.4, 0.5) is 4.39 Å². The Bertz CT molecular complexity index is 904. The van der Waals surface area contributed by atoms with Crippen LogP contribution in [0.2, 0.25) is 10.2 Å². The molecule has 0 unspecified atom stereocenters. The molecule has 0 saturated heterocycles. The molecule has 1 aliphatic rings. The van der Waals surface area contributed by atoms with Crippen molar-refractivity contribution in [1.29, 1.82) is 0 Å². The van der Waals surface area contributed by atoms with E-state index in [1.807, 2.05) is 0 Å². The number of hydrogen-bond acceptors (Lipinski definition) is 4. The van der Waals surface area contributed by atoms with Gasteiger partial charge in [0.05, 0.1) is 10.6 Å². The van der Waals surface area contributed by atoms with Gasteiger partial charge < -0.3 is 0 Å². The zero-order chi connectivity index (χ0) is 17.4. The molecule has 0 spiro atoms. The first-order valence-electron chi connectivity index (χ1n) is 8.15.